The predicted octanol–water partition coefficient (Wildman–Crippen LogP) is 4.20. The van der Waals surface area contributed by atoms with E-state index in [9.17, 15) is 14.0 Å². The number of hydrogen-bond donors (Lipinski definition) is 2. The van der Waals surface area contributed by atoms with Crippen molar-refractivity contribution in [3.05, 3.63) is 69.5 Å². The van der Waals surface area contributed by atoms with Crippen LogP contribution in [0, 0.1) is 5.82 Å². The molecule has 3 aliphatic heterocycles. The molecule has 0 radical (unpaired) electrons. The zero-order valence-corrected chi connectivity index (χ0v) is 23.6. The molecule has 0 aliphatic carbocycles. The Kier molecular flexibility index (Phi) is 8.43. The van der Waals surface area contributed by atoms with Crippen LogP contribution in [0.4, 0.5) is 10.1 Å². The van der Waals surface area contributed by atoms with Crippen LogP contribution in [0.2, 0.25) is 0 Å². The van der Waals surface area contributed by atoms with E-state index in [1.165, 1.54) is 31.7 Å². The molecule has 9 heteroatoms. The second kappa shape index (κ2) is 12.5. The Balaban J connectivity index is 1.13. The van der Waals surface area contributed by atoms with Gasteiger partial charge in [-0.25, -0.2) is 9.37 Å². The average Bonchev–Trinajstić information content (AvgIpc) is 3.76. The lowest BCUT2D eigenvalue weighted by Gasteiger charge is -2.15. The fraction of sp³-hybridized carbons (Fsp3) is 0.469. The lowest BCUT2D eigenvalue weighted by Crippen LogP contribution is -2.33. The Bertz CT molecular complexity index is 1490. The van der Waals surface area contributed by atoms with E-state index >= 15 is 0 Å². The average molecular weight is 559 g/mol. The summed E-state index contributed by atoms with van der Waals surface area (Å²) in [5, 5.41) is 6.52. The minimum Gasteiger partial charge on any atom is -0.383 e. The van der Waals surface area contributed by atoms with Gasteiger partial charge in [0, 0.05) is 31.7 Å². The van der Waals surface area contributed by atoms with E-state index in [-0.39, 0.29) is 11.5 Å². The quantitative estimate of drug-likeness (QED) is 0.363. The van der Waals surface area contributed by atoms with Crippen molar-refractivity contribution >= 4 is 34.1 Å². The highest BCUT2D eigenvalue weighted by atomic mass is 19.1. The van der Waals surface area contributed by atoms with Crippen LogP contribution in [-0.2, 0) is 6.54 Å². The summed E-state index contributed by atoms with van der Waals surface area (Å²) in [7, 11) is 0. The summed E-state index contributed by atoms with van der Waals surface area (Å²) in [4.78, 5) is 35.4. The molecule has 0 saturated carbocycles. The van der Waals surface area contributed by atoms with Gasteiger partial charge in [-0.3, -0.25) is 14.2 Å². The third-order valence-corrected chi connectivity index (χ3v) is 8.53. The van der Waals surface area contributed by atoms with Crippen LogP contribution >= 0.6 is 0 Å². The van der Waals surface area contributed by atoms with E-state index in [2.05, 4.69) is 20.4 Å². The molecule has 0 atom stereocenters. The van der Waals surface area contributed by atoms with Crippen molar-refractivity contribution in [2.75, 3.05) is 57.7 Å². The van der Waals surface area contributed by atoms with Gasteiger partial charge in [0.05, 0.1) is 16.6 Å². The van der Waals surface area contributed by atoms with Gasteiger partial charge in [0.2, 0.25) is 0 Å². The third-order valence-electron chi connectivity index (χ3n) is 8.53. The van der Waals surface area contributed by atoms with E-state index in [0.717, 1.165) is 56.8 Å². The molecule has 0 bridgehead atoms. The molecule has 1 aromatic heterocycles. The van der Waals surface area contributed by atoms with Crippen molar-refractivity contribution in [2.24, 2.45) is 0 Å². The van der Waals surface area contributed by atoms with Crippen molar-refractivity contribution in [3.8, 4) is 0 Å². The van der Waals surface area contributed by atoms with Crippen molar-refractivity contribution in [1.29, 1.82) is 0 Å². The zero-order chi connectivity index (χ0) is 28.2. The van der Waals surface area contributed by atoms with Gasteiger partial charge in [-0.05, 0) is 113 Å². The molecule has 6 rings (SSSR count). The largest absolute Gasteiger partial charge is 0.383 e. The number of amides is 1. The molecule has 41 heavy (non-hydrogen) atoms. The van der Waals surface area contributed by atoms with E-state index in [1.807, 2.05) is 30.3 Å². The number of halogens is 1. The van der Waals surface area contributed by atoms with Crippen LogP contribution in [0.1, 0.15) is 60.3 Å². The maximum Gasteiger partial charge on any atom is 0.261 e. The SMILES string of the molecule is O=C(NCCN1CCCC1)c1ccc(/C=C2\CCn3c2nc2cc(NCCCN4CCCC4)c(F)cc2c3=O)cc1. The van der Waals surface area contributed by atoms with Crippen molar-refractivity contribution in [3.63, 3.8) is 0 Å². The van der Waals surface area contributed by atoms with Crippen LogP contribution in [0.15, 0.2) is 41.2 Å². The Labute approximate surface area is 240 Å². The number of fused-ring (bicyclic) bond motifs is 2. The molecule has 8 nitrogen and oxygen atoms in total. The van der Waals surface area contributed by atoms with Gasteiger partial charge in [-0.15, -0.1) is 0 Å². The summed E-state index contributed by atoms with van der Waals surface area (Å²) < 4.78 is 16.5. The number of hydrogen-bond acceptors (Lipinski definition) is 6. The topological polar surface area (TPSA) is 82.5 Å². The number of aromatic nitrogens is 2. The molecule has 2 aromatic carbocycles. The highest BCUT2D eigenvalue weighted by Gasteiger charge is 2.22. The smallest absolute Gasteiger partial charge is 0.261 e. The molecule has 0 unspecified atom stereocenters. The van der Waals surface area contributed by atoms with Crippen LogP contribution in [0.3, 0.4) is 0 Å². The van der Waals surface area contributed by atoms with E-state index in [0.29, 0.717) is 54.0 Å². The second-order valence-electron chi connectivity index (χ2n) is 11.4. The van der Waals surface area contributed by atoms with Crippen LogP contribution in [0.25, 0.3) is 22.6 Å². The summed E-state index contributed by atoms with van der Waals surface area (Å²) in [6.07, 6.45) is 8.63. The third kappa shape index (κ3) is 6.36. The number of benzene rings is 2. The van der Waals surface area contributed by atoms with Gasteiger partial charge in [0.15, 0.2) is 0 Å². The first-order chi connectivity index (χ1) is 20.0. The summed E-state index contributed by atoms with van der Waals surface area (Å²) in [5.74, 6) is 0.131. The number of carbonyl (C=O) groups excluding carboxylic acids is 1. The van der Waals surface area contributed by atoms with Crippen molar-refractivity contribution in [2.45, 2.75) is 45.1 Å². The molecule has 1 amide bonds. The molecule has 4 heterocycles. The monoisotopic (exact) mass is 558 g/mol. The summed E-state index contributed by atoms with van der Waals surface area (Å²) in [6.45, 7) is 8.26. The predicted molar refractivity (Wildman–Crippen MR) is 162 cm³/mol. The number of nitrogens with zero attached hydrogens (tertiary/aromatic N) is 4. The highest BCUT2D eigenvalue weighted by molar-refractivity contribution is 5.94. The van der Waals surface area contributed by atoms with Crippen molar-refractivity contribution < 1.29 is 9.18 Å². The molecule has 2 saturated heterocycles. The highest BCUT2D eigenvalue weighted by Crippen LogP contribution is 2.29. The van der Waals surface area contributed by atoms with Gasteiger partial charge in [0.1, 0.15) is 11.6 Å². The van der Waals surface area contributed by atoms with Crippen LogP contribution in [-0.4, -0.2) is 77.6 Å². The second-order valence-corrected chi connectivity index (χ2v) is 11.4. The fourth-order valence-corrected chi connectivity index (χ4v) is 6.21. The Morgan fingerprint density at radius 2 is 1.63 bits per heavy atom. The first-order valence-electron chi connectivity index (χ1n) is 15.1. The van der Waals surface area contributed by atoms with Gasteiger partial charge in [-0.2, -0.15) is 0 Å². The minimum atomic E-state index is -0.424. The summed E-state index contributed by atoms with van der Waals surface area (Å²) in [5.41, 5.74) is 3.19. The molecular weight excluding hydrogens is 519 g/mol. The van der Waals surface area contributed by atoms with Gasteiger partial charge in [0.25, 0.3) is 11.5 Å². The number of allylic oxidation sites excluding steroid dienone is 1. The number of anilines is 1. The number of carbonyl (C=O) groups is 1. The summed E-state index contributed by atoms with van der Waals surface area (Å²) in [6, 6.07) is 10.5. The maximum atomic E-state index is 14.9. The van der Waals surface area contributed by atoms with E-state index < -0.39 is 5.82 Å². The first-order valence-corrected chi connectivity index (χ1v) is 15.1. The van der Waals surface area contributed by atoms with E-state index in [4.69, 9.17) is 4.98 Å². The van der Waals surface area contributed by atoms with Crippen molar-refractivity contribution in [1.82, 2.24) is 24.7 Å². The molecule has 3 aliphatic rings. The van der Waals surface area contributed by atoms with Crippen LogP contribution in [0.5, 0.6) is 0 Å². The molecule has 2 N–H and O–H groups in total. The standard InChI is InChI=1S/C32H39FN6O2/c33-27-21-26-28(22-29(27)34-11-5-17-37-13-1-2-14-37)36-30-25(10-18-39(30)32(26)41)20-23-6-8-24(9-7-23)31(40)35-12-19-38-15-3-4-16-38/h6-9,20-22,34H,1-5,10-19H2,(H,35,40)/b25-20+. The van der Waals surface area contributed by atoms with E-state index in [1.54, 1.807) is 10.6 Å². The molecule has 2 fully saturated rings. The van der Waals surface area contributed by atoms with Gasteiger partial charge in [-0.1, -0.05) is 12.1 Å². The maximum absolute atomic E-state index is 14.9. The number of likely N-dealkylation sites (tertiary alicyclic amines) is 2. The molecule has 216 valence electrons. The lowest BCUT2D eigenvalue weighted by atomic mass is 10.1. The molecule has 3 aromatic rings. The minimum absolute atomic E-state index is 0.0676. The summed E-state index contributed by atoms with van der Waals surface area (Å²) >= 11 is 0. The van der Waals surface area contributed by atoms with Gasteiger partial charge < -0.3 is 20.4 Å². The lowest BCUT2D eigenvalue weighted by molar-refractivity contribution is 0.0949. The first kappa shape index (κ1) is 27.6. The normalized spacial score (nSPS) is 18.4. The van der Waals surface area contributed by atoms with Crippen LogP contribution < -0.4 is 16.2 Å². The number of rotatable bonds is 10. The molecule has 0 spiro atoms. The number of nitrogens with one attached hydrogen (secondary N) is 2. The Morgan fingerprint density at radius 1 is 0.927 bits per heavy atom. The Morgan fingerprint density at radius 3 is 2.37 bits per heavy atom. The molecular formula is C32H39FN6O2. The fourth-order valence-electron chi connectivity index (χ4n) is 6.21. The Hall–Kier alpha value is -3.56. The zero-order valence-electron chi connectivity index (χ0n) is 23.6. The van der Waals surface area contributed by atoms with Gasteiger partial charge >= 0.3 is 0 Å².